The zero-order valence-electron chi connectivity index (χ0n) is 11.4. The molecule has 3 nitrogen and oxygen atoms in total. The minimum absolute atomic E-state index is 0.439. The van der Waals surface area contributed by atoms with Gasteiger partial charge in [-0.25, -0.2) is 0 Å². The van der Waals surface area contributed by atoms with Gasteiger partial charge < -0.3 is 15.4 Å². The fourth-order valence-corrected chi connectivity index (χ4v) is 1.05. The Bertz CT molecular complexity index is 95.2. The number of morpholine rings is 1. The van der Waals surface area contributed by atoms with E-state index in [0.717, 1.165) is 32.8 Å². The summed E-state index contributed by atoms with van der Waals surface area (Å²) in [5, 5.41) is 6.27. The molecule has 15 heavy (non-hydrogen) atoms. The topological polar surface area (TPSA) is 33.3 Å². The number of hydrogen-bond acceptors (Lipinski definition) is 3. The highest BCUT2D eigenvalue weighted by atomic mass is 16.5. The molecule has 0 aromatic heterocycles. The van der Waals surface area contributed by atoms with E-state index in [0.29, 0.717) is 5.41 Å². The van der Waals surface area contributed by atoms with E-state index in [1.165, 1.54) is 0 Å². The van der Waals surface area contributed by atoms with Crippen molar-refractivity contribution in [3.8, 4) is 0 Å². The van der Waals surface area contributed by atoms with Gasteiger partial charge in [-0.3, -0.25) is 0 Å². The molecule has 0 aromatic rings. The molecule has 3 heteroatoms. The molecule has 0 amide bonds. The van der Waals surface area contributed by atoms with E-state index in [4.69, 9.17) is 4.74 Å². The van der Waals surface area contributed by atoms with Crippen molar-refractivity contribution in [1.29, 1.82) is 0 Å². The lowest BCUT2D eigenvalue weighted by atomic mass is 9.97. The third-order valence-corrected chi connectivity index (χ3v) is 1.55. The predicted octanol–water partition coefficient (Wildman–Crippen LogP) is 1.88. The Morgan fingerprint density at radius 1 is 1.13 bits per heavy atom. The number of nitrogens with one attached hydrogen (secondary N) is 2. The van der Waals surface area contributed by atoms with E-state index in [1.54, 1.807) is 0 Å². The maximum Gasteiger partial charge on any atom is 0.0591 e. The van der Waals surface area contributed by atoms with Crippen LogP contribution in [0.25, 0.3) is 0 Å². The lowest BCUT2D eigenvalue weighted by Gasteiger charge is -2.16. The highest BCUT2D eigenvalue weighted by Crippen LogP contribution is 2.09. The van der Waals surface area contributed by atoms with Gasteiger partial charge >= 0.3 is 0 Å². The van der Waals surface area contributed by atoms with Crippen molar-refractivity contribution in [3.05, 3.63) is 0 Å². The summed E-state index contributed by atoms with van der Waals surface area (Å²) in [6.45, 7) is 15.6. The first-order valence-electron chi connectivity index (χ1n) is 5.99. The predicted molar refractivity (Wildman–Crippen MR) is 68.4 cm³/mol. The molecule has 0 spiro atoms. The lowest BCUT2D eigenvalue weighted by Crippen LogP contribution is -2.30. The quantitative estimate of drug-likeness (QED) is 0.705. The van der Waals surface area contributed by atoms with Crippen LogP contribution in [0.3, 0.4) is 0 Å². The summed E-state index contributed by atoms with van der Waals surface area (Å²) in [6.07, 6.45) is 0. The molecule has 1 aliphatic heterocycles. The van der Waals surface area contributed by atoms with E-state index in [2.05, 4.69) is 31.4 Å². The van der Waals surface area contributed by atoms with Gasteiger partial charge in [0.2, 0.25) is 0 Å². The van der Waals surface area contributed by atoms with Crippen LogP contribution in [0.5, 0.6) is 0 Å². The van der Waals surface area contributed by atoms with Crippen molar-refractivity contribution in [2.75, 3.05) is 39.9 Å². The van der Waals surface area contributed by atoms with Gasteiger partial charge in [-0.1, -0.05) is 34.6 Å². The summed E-state index contributed by atoms with van der Waals surface area (Å²) >= 11 is 0. The van der Waals surface area contributed by atoms with Gasteiger partial charge in [0.15, 0.2) is 0 Å². The number of hydrogen-bond donors (Lipinski definition) is 2. The van der Waals surface area contributed by atoms with Crippen molar-refractivity contribution in [2.24, 2.45) is 5.41 Å². The van der Waals surface area contributed by atoms with Crippen LogP contribution >= 0.6 is 0 Å². The Kier molecular flexibility index (Phi) is 13.8. The van der Waals surface area contributed by atoms with E-state index in [-0.39, 0.29) is 0 Å². The molecule has 2 N–H and O–H groups in total. The maximum atomic E-state index is 5.01. The first kappa shape index (κ1) is 17.3. The zero-order valence-corrected chi connectivity index (χ0v) is 11.4. The third-order valence-electron chi connectivity index (χ3n) is 1.55. The van der Waals surface area contributed by atoms with Crippen molar-refractivity contribution >= 4 is 0 Å². The van der Waals surface area contributed by atoms with E-state index in [1.807, 2.05) is 20.9 Å². The van der Waals surface area contributed by atoms with Crippen LogP contribution < -0.4 is 10.6 Å². The minimum atomic E-state index is 0.439. The van der Waals surface area contributed by atoms with Crippen LogP contribution in [0.15, 0.2) is 0 Å². The van der Waals surface area contributed by atoms with Crippen molar-refractivity contribution in [3.63, 3.8) is 0 Å². The average Bonchev–Trinajstić information content (AvgIpc) is 2.22. The van der Waals surface area contributed by atoms with Gasteiger partial charge in [0.25, 0.3) is 0 Å². The summed E-state index contributed by atoms with van der Waals surface area (Å²) in [6, 6.07) is 0. The second kappa shape index (κ2) is 12.0. The summed E-state index contributed by atoms with van der Waals surface area (Å²) in [7, 11) is 1.98. The van der Waals surface area contributed by atoms with E-state index in [9.17, 15) is 0 Å². The number of rotatable bonds is 1. The maximum absolute atomic E-state index is 5.01. The van der Waals surface area contributed by atoms with Crippen LogP contribution in [0.2, 0.25) is 0 Å². The SMILES string of the molecule is C1COCCN1.CC.CNCC(C)(C)C. The molecule has 0 aromatic carbocycles. The van der Waals surface area contributed by atoms with Crippen LogP contribution in [-0.2, 0) is 4.74 Å². The lowest BCUT2D eigenvalue weighted by molar-refractivity contribution is 0.109. The van der Waals surface area contributed by atoms with Crippen LogP contribution in [0.1, 0.15) is 34.6 Å². The summed E-state index contributed by atoms with van der Waals surface area (Å²) in [5.41, 5.74) is 0.439. The van der Waals surface area contributed by atoms with Gasteiger partial charge in [0, 0.05) is 13.1 Å². The molecule has 94 valence electrons. The summed E-state index contributed by atoms with van der Waals surface area (Å²) < 4.78 is 5.01. The van der Waals surface area contributed by atoms with Crippen molar-refractivity contribution in [2.45, 2.75) is 34.6 Å². The molecular weight excluding hydrogens is 188 g/mol. The standard InChI is InChI=1S/C6H15N.C4H9NO.C2H6/c1-6(2,3)5-7-4;1-3-6-4-2-5-1;1-2/h7H,5H2,1-4H3;5H,1-4H2;1-2H3. The molecule has 1 saturated heterocycles. The Labute approximate surface area is 96.0 Å². The fraction of sp³-hybridized carbons (Fsp3) is 1.00. The van der Waals surface area contributed by atoms with Crippen molar-refractivity contribution in [1.82, 2.24) is 10.6 Å². The normalized spacial score (nSPS) is 15.6. The molecule has 1 rings (SSSR count). The molecule has 0 unspecified atom stereocenters. The third kappa shape index (κ3) is 20.1. The smallest absolute Gasteiger partial charge is 0.0591 e. The van der Waals surface area contributed by atoms with Gasteiger partial charge in [-0.15, -0.1) is 0 Å². The van der Waals surface area contributed by atoms with Gasteiger partial charge in [0.1, 0.15) is 0 Å². The molecule has 1 fully saturated rings. The molecule has 0 aliphatic carbocycles. The van der Waals surface area contributed by atoms with Gasteiger partial charge in [-0.05, 0) is 19.0 Å². The molecule has 0 atom stereocenters. The number of ether oxygens (including phenoxy) is 1. The van der Waals surface area contributed by atoms with Crippen LogP contribution in [0.4, 0.5) is 0 Å². The zero-order chi connectivity index (χ0) is 12.2. The molecule has 1 aliphatic rings. The first-order valence-corrected chi connectivity index (χ1v) is 5.99. The Morgan fingerprint density at radius 2 is 1.60 bits per heavy atom. The van der Waals surface area contributed by atoms with Crippen molar-refractivity contribution < 1.29 is 4.74 Å². The van der Waals surface area contributed by atoms with Crippen LogP contribution in [0, 0.1) is 5.41 Å². The highest BCUT2D eigenvalue weighted by molar-refractivity contribution is 4.61. The Hall–Kier alpha value is -0.120. The first-order chi connectivity index (χ1) is 7.06. The van der Waals surface area contributed by atoms with Gasteiger partial charge in [-0.2, -0.15) is 0 Å². The summed E-state index contributed by atoms with van der Waals surface area (Å²) in [5.74, 6) is 0. The molecule has 1 heterocycles. The second-order valence-electron chi connectivity index (χ2n) is 4.45. The molecular formula is C12H30N2O. The monoisotopic (exact) mass is 218 g/mol. The van der Waals surface area contributed by atoms with Gasteiger partial charge in [0.05, 0.1) is 13.2 Å². The molecule has 0 bridgehead atoms. The van der Waals surface area contributed by atoms with E-state index >= 15 is 0 Å². The summed E-state index contributed by atoms with van der Waals surface area (Å²) in [4.78, 5) is 0. The average molecular weight is 218 g/mol. The Balaban J connectivity index is 0. The molecule has 0 radical (unpaired) electrons. The fourth-order valence-electron chi connectivity index (χ4n) is 1.05. The molecule has 0 saturated carbocycles. The Morgan fingerprint density at radius 3 is 1.67 bits per heavy atom. The van der Waals surface area contributed by atoms with Crippen LogP contribution in [-0.4, -0.2) is 39.9 Å². The second-order valence-corrected chi connectivity index (χ2v) is 4.45. The minimum Gasteiger partial charge on any atom is -0.379 e. The highest BCUT2D eigenvalue weighted by Gasteiger charge is 2.05. The van der Waals surface area contributed by atoms with E-state index < -0.39 is 0 Å². The largest absolute Gasteiger partial charge is 0.379 e.